The molecule has 0 saturated carbocycles. The second-order valence-electron chi connectivity index (χ2n) is 6.76. The number of aliphatic imine (C=N–C) groups is 1. The van der Waals surface area contributed by atoms with E-state index in [9.17, 15) is 0 Å². The van der Waals surface area contributed by atoms with Crippen molar-refractivity contribution in [3.05, 3.63) is 29.3 Å². The minimum atomic E-state index is 0. The highest BCUT2D eigenvalue weighted by Crippen LogP contribution is 2.19. The Labute approximate surface area is 176 Å². The number of piperidine rings is 1. The summed E-state index contributed by atoms with van der Waals surface area (Å²) >= 11 is 0. The van der Waals surface area contributed by atoms with E-state index in [0.717, 1.165) is 29.4 Å². The van der Waals surface area contributed by atoms with E-state index in [-0.39, 0.29) is 24.0 Å². The second kappa shape index (κ2) is 12.4. The van der Waals surface area contributed by atoms with Crippen LogP contribution in [0.1, 0.15) is 44.2 Å². The molecule has 1 saturated heterocycles. The van der Waals surface area contributed by atoms with Crippen molar-refractivity contribution in [2.75, 3.05) is 33.3 Å². The molecule has 0 aromatic heterocycles. The Morgan fingerprint density at radius 3 is 2.62 bits per heavy atom. The highest BCUT2D eigenvalue weighted by atomic mass is 127. The fraction of sp³-hybridized carbons (Fsp3) is 0.650. The molecule has 0 spiro atoms. The monoisotopic (exact) mass is 474 g/mol. The van der Waals surface area contributed by atoms with Gasteiger partial charge in [-0.15, -0.1) is 24.0 Å². The van der Waals surface area contributed by atoms with Crippen LogP contribution in [0.15, 0.2) is 23.2 Å². The second-order valence-corrected chi connectivity index (χ2v) is 6.76. The first kappa shape index (κ1) is 23.0. The van der Waals surface area contributed by atoms with Crippen molar-refractivity contribution in [1.29, 1.82) is 0 Å². The summed E-state index contributed by atoms with van der Waals surface area (Å²) < 4.78 is 5.41. The van der Waals surface area contributed by atoms with Crippen LogP contribution in [0.4, 0.5) is 0 Å². The van der Waals surface area contributed by atoms with Gasteiger partial charge in [-0.25, -0.2) is 4.99 Å². The third-order valence-corrected chi connectivity index (χ3v) is 4.70. The highest BCUT2D eigenvalue weighted by Gasteiger charge is 2.19. The van der Waals surface area contributed by atoms with E-state index in [1.165, 1.54) is 38.9 Å². The van der Waals surface area contributed by atoms with Crippen LogP contribution in [0.5, 0.6) is 5.75 Å². The topological polar surface area (TPSA) is 48.9 Å². The van der Waals surface area contributed by atoms with Gasteiger partial charge >= 0.3 is 0 Å². The molecule has 2 rings (SSSR count). The van der Waals surface area contributed by atoms with Crippen LogP contribution in [-0.4, -0.2) is 50.2 Å². The molecular weight excluding hydrogens is 439 g/mol. The Hall–Kier alpha value is -1.02. The molecule has 2 N–H and O–H groups in total. The maximum atomic E-state index is 5.41. The van der Waals surface area contributed by atoms with E-state index in [1.807, 2.05) is 0 Å². The van der Waals surface area contributed by atoms with Gasteiger partial charge in [0.1, 0.15) is 5.75 Å². The molecule has 1 aliphatic rings. The van der Waals surface area contributed by atoms with E-state index < -0.39 is 0 Å². The van der Waals surface area contributed by atoms with Crippen LogP contribution >= 0.6 is 24.0 Å². The van der Waals surface area contributed by atoms with E-state index in [0.29, 0.717) is 12.6 Å². The average molecular weight is 474 g/mol. The van der Waals surface area contributed by atoms with Gasteiger partial charge in [-0.05, 0) is 56.8 Å². The molecule has 0 amide bonds. The molecular formula is C20H35IN4O. The fourth-order valence-electron chi connectivity index (χ4n) is 3.26. The van der Waals surface area contributed by atoms with Gasteiger partial charge in [-0.1, -0.05) is 19.1 Å². The van der Waals surface area contributed by atoms with Gasteiger partial charge in [-0.2, -0.15) is 0 Å². The van der Waals surface area contributed by atoms with Crippen LogP contribution < -0.4 is 15.4 Å². The summed E-state index contributed by atoms with van der Waals surface area (Å²) in [7, 11) is 1.71. The Kier molecular flexibility index (Phi) is 11.0. The number of ether oxygens (including phenoxy) is 1. The SMILES string of the molecule is CCCN1CCC(NC(=NCc2ccc(C)c(OC)c2)NCC)CC1.I. The zero-order valence-electron chi connectivity index (χ0n) is 16.7. The lowest BCUT2D eigenvalue weighted by molar-refractivity contribution is 0.206. The van der Waals surface area contributed by atoms with Crippen LogP contribution in [-0.2, 0) is 6.54 Å². The van der Waals surface area contributed by atoms with Crippen LogP contribution in [0, 0.1) is 6.92 Å². The number of guanidine groups is 1. The summed E-state index contributed by atoms with van der Waals surface area (Å²) in [5.74, 6) is 1.84. The Morgan fingerprint density at radius 2 is 2.00 bits per heavy atom. The molecule has 1 aromatic rings. The minimum absolute atomic E-state index is 0. The lowest BCUT2D eigenvalue weighted by Crippen LogP contribution is -2.48. The average Bonchev–Trinajstić information content (AvgIpc) is 2.63. The van der Waals surface area contributed by atoms with Gasteiger partial charge in [0.2, 0.25) is 0 Å². The minimum Gasteiger partial charge on any atom is -0.496 e. The van der Waals surface area contributed by atoms with Crippen molar-refractivity contribution in [3.63, 3.8) is 0 Å². The zero-order chi connectivity index (χ0) is 18.1. The normalized spacial score (nSPS) is 16.1. The number of benzene rings is 1. The van der Waals surface area contributed by atoms with Crippen molar-refractivity contribution in [3.8, 4) is 5.75 Å². The number of hydrogen-bond donors (Lipinski definition) is 2. The van der Waals surface area contributed by atoms with Crippen LogP contribution in [0.25, 0.3) is 0 Å². The summed E-state index contributed by atoms with van der Waals surface area (Å²) in [6, 6.07) is 6.80. The third kappa shape index (κ3) is 7.31. The van der Waals surface area contributed by atoms with Crippen molar-refractivity contribution in [1.82, 2.24) is 15.5 Å². The first-order valence-corrected chi connectivity index (χ1v) is 9.57. The predicted octanol–water partition coefficient (Wildman–Crippen LogP) is 3.55. The fourth-order valence-corrected chi connectivity index (χ4v) is 3.26. The molecule has 1 aromatic carbocycles. The number of hydrogen-bond acceptors (Lipinski definition) is 3. The third-order valence-electron chi connectivity index (χ3n) is 4.70. The summed E-state index contributed by atoms with van der Waals surface area (Å²) in [5, 5.41) is 6.98. The van der Waals surface area contributed by atoms with E-state index >= 15 is 0 Å². The van der Waals surface area contributed by atoms with Gasteiger partial charge < -0.3 is 20.3 Å². The predicted molar refractivity (Wildman–Crippen MR) is 121 cm³/mol. The summed E-state index contributed by atoms with van der Waals surface area (Å²) in [5.41, 5.74) is 2.32. The molecule has 5 nitrogen and oxygen atoms in total. The largest absolute Gasteiger partial charge is 0.496 e. The number of likely N-dealkylation sites (tertiary alicyclic amines) is 1. The molecule has 0 atom stereocenters. The number of aryl methyl sites for hydroxylation is 1. The van der Waals surface area contributed by atoms with Crippen LogP contribution in [0.2, 0.25) is 0 Å². The van der Waals surface area contributed by atoms with E-state index in [4.69, 9.17) is 9.73 Å². The first-order chi connectivity index (χ1) is 12.2. The Bertz CT molecular complexity index is 557. The maximum Gasteiger partial charge on any atom is 0.191 e. The summed E-state index contributed by atoms with van der Waals surface area (Å²) in [4.78, 5) is 7.32. The van der Waals surface area contributed by atoms with Crippen molar-refractivity contribution >= 4 is 29.9 Å². The lowest BCUT2D eigenvalue weighted by atomic mass is 10.1. The lowest BCUT2D eigenvalue weighted by Gasteiger charge is -2.32. The van der Waals surface area contributed by atoms with Gasteiger partial charge in [0.05, 0.1) is 13.7 Å². The Balaban J connectivity index is 0.00000338. The summed E-state index contributed by atoms with van der Waals surface area (Å²) in [6.07, 6.45) is 3.60. The van der Waals surface area contributed by atoms with Crippen LogP contribution in [0.3, 0.4) is 0 Å². The highest BCUT2D eigenvalue weighted by molar-refractivity contribution is 14.0. The standard InChI is InChI=1S/C20H34N4O.HI/c1-5-11-24-12-9-18(10-13-24)23-20(21-6-2)22-15-17-8-7-16(3)19(14-17)25-4;/h7-8,14,18H,5-6,9-13,15H2,1-4H3,(H2,21,22,23);1H. The molecule has 26 heavy (non-hydrogen) atoms. The van der Waals surface area contributed by atoms with Crippen molar-refractivity contribution in [2.24, 2.45) is 4.99 Å². The van der Waals surface area contributed by atoms with Gasteiger partial charge in [0.15, 0.2) is 5.96 Å². The quantitative estimate of drug-likeness (QED) is 0.361. The molecule has 0 aliphatic carbocycles. The van der Waals surface area contributed by atoms with Crippen molar-refractivity contribution < 1.29 is 4.74 Å². The smallest absolute Gasteiger partial charge is 0.191 e. The Morgan fingerprint density at radius 1 is 1.27 bits per heavy atom. The molecule has 0 unspecified atom stereocenters. The molecule has 0 radical (unpaired) electrons. The molecule has 1 fully saturated rings. The molecule has 148 valence electrons. The molecule has 1 aliphatic heterocycles. The van der Waals surface area contributed by atoms with Gasteiger partial charge in [-0.3, -0.25) is 0 Å². The van der Waals surface area contributed by atoms with Gasteiger partial charge in [0.25, 0.3) is 0 Å². The molecule has 6 heteroatoms. The van der Waals surface area contributed by atoms with E-state index in [2.05, 4.69) is 54.5 Å². The van der Waals surface area contributed by atoms with Gasteiger partial charge in [0, 0.05) is 25.7 Å². The first-order valence-electron chi connectivity index (χ1n) is 9.57. The number of nitrogens with one attached hydrogen (secondary N) is 2. The summed E-state index contributed by atoms with van der Waals surface area (Å²) in [6.45, 7) is 11.5. The number of methoxy groups -OCH3 is 1. The number of nitrogens with zero attached hydrogens (tertiary/aromatic N) is 2. The number of halogens is 1. The number of rotatable bonds is 7. The zero-order valence-corrected chi connectivity index (χ0v) is 19.0. The van der Waals surface area contributed by atoms with Crippen molar-refractivity contribution in [2.45, 2.75) is 52.6 Å². The van der Waals surface area contributed by atoms with E-state index in [1.54, 1.807) is 7.11 Å². The maximum absolute atomic E-state index is 5.41. The molecule has 0 bridgehead atoms. The molecule has 1 heterocycles.